The highest BCUT2D eigenvalue weighted by Crippen LogP contribution is 2.12. The molecule has 11 heavy (non-hydrogen) atoms. The summed E-state index contributed by atoms with van der Waals surface area (Å²) < 4.78 is 12.8. The Morgan fingerprint density at radius 1 is 1.55 bits per heavy atom. The smallest absolute Gasteiger partial charge is 0.0962 e. The highest BCUT2D eigenvalue weighted by molar-refractivity contribution is 4.91. The van der Waals surface area contributed by atoms with Crippen molar-refractivity contribution in [1.82, 2.24) is 0 Å². The summed E-state index contributed by atoms with van der Waals surface area (Å²) in [4.78, 5) is 0. The van der Waals surface area contributed by atoms with E-state index in [2.05, 4.69) is 0 Å². The molecule has 0 unspecified atom stereocenters. The first kappa shape index (κ1) is 10.6. The van der Waals surface area contributed by atoms with Crippen molar-refractivity contribution < 1.29 is 9.50 Å². The largest absolute Gasteiger partial charge is 0.396 e. The molecule has 0 aliphatic carbocycles. The second-order valence-corrected chi connectivity index (χ2v) is 3.11. The lowest BCUT2D eigenvalue weighted by Gasteiger charge is -2.00. The maximum Gasteiger partial charge on any atom is 0.0962 e. The normalized spacial score (nSPS) is 12.6. The maximum atomic E-state index is 12.8. The molecule has 0 aliphatic heterocycles. The zero-order valence-corrected chi connectivity index (χ0v) is 7.31. The topological polar surface area (TPSA) is 20.2 Å². The second-order valence-electron chi connectivity index (χ2n) is 3.11. The Bertz CT molecular complexity index is 119. The van der Waals surface area contributed by atoms with Gasteiger partial charge in [-0.3, -0.25) is 0 Å². The van der Waals surface area contributed by atoms with Gasteiger partial charge >= 0.3 is 0 Å². The first-order valence-corrected chi connectivity index (χ1v) is 4.12. The van der Waals surface area contributed by atoms with Gasteiger partial charge in [0, 0.05) is 13.0 Å². The molecule has 0 bridgehead atoms. The van der Waals surface area contributed by atoms with Crippen molar-refractivity contribution in [2.45, 2.75) is 33.1 Å². The Morgan fingerprint density at radius 3 is 2.64 bits per heavy atom. The molecule has 0 heterocycles. The van der Waals surface area contributed by atoms with Crippen LogP contribution in [0.1, 0.15) is 33.1 Å². The van der Waals surface area contributed by atoms with Crippen molar-refractivity contribution in [2.75, 3.05) is 6.61 Å². The molecule has 1 N–H and O–H groups in total. The van der Waals surface area contributed by atoms with Crippen LogP contribution in [0.4, 0.5) is 4.39 Å². The van der Waals surface area contributed by atoms with Crippen LogP contribution in [0.5, 0.6) is 0 Å². The van der Waals surface area contributed by atoms with E-state index in [1.165, 1.54) is 0 Å². The Hall–Kier alpha value is -0.370. The minimum absolute atomic E-state index is 0.0477. The van der Waals surface area contributed by atoms with Crippen LogP contribution in [-0.2, 0) is 0 Å². The molecule has 0 saturated heterocycles. The molecule has 1 nitrogen and oxygen atoms in total. The standard InChI is InChI=1S/C9H17FO/c1-8(2)7-9(10)5-3-4-6-11/h5,8,11H,3-4,6-7H2,1-2H3/b9-5+. The zero-order valence-electron chi connectivity index (χ0n) is 7.31. The van der Waals surface area contributed by atoms with E-state index in [1.807, 2.05) is 13.8 Å². The number of hydrogen-bond acceptors (Lipinski definition) is 1. The molecular weight excluding hydrogens is 143 g/mol. The summed E-state index contributed by atoms with van der Waals surface area (Å²) >= 11 is 0. The lowest BCUT2D eigenvalue weighted by Crippen LogP contribution is -1.87. The van der Waals surface area contributed by atoms with Crippen LogP contribution >= 0.6 is 0 Å². The van der Waals surface area contributed by atoms with Crippen molar-refractivity contribution in [2.24, 2.45) is 5.92 Å². The van der Waals surface area contributed by atoms with E-state index >= 15 is 0 Å². The molecule has 0 aromatic carbocycles. The number of aliphatic hydroxyl groups is 1. The minimum Gasteiger partial charge on any atom is -0.396 e. The minimum atomic E-state index is -0.0477. The zero-order chi connectivity index (χ0) is 8.69. The van der Waals surface area contributed by atoms with E-state index in [1.54, 1.807) is 6.08 Å². The fraction of sp³-hybridized carbons (Fsp3) is 0.778. The Labute approximate surface area is 67.9 Å². The number of hydrogen-bond donors (Lipinski definition) is 1. The summed E-state index contributed by atoms with van der Waals surface area (Å²) in [7, 11) is 0. The third-order valence-electron chi connectivity index (χ3n) is 1.33. The SMILES string of the molecule is CC(C)C/C(F)=C\CCCO. The third-order valence-corrected chi connectivity index (χ3v) is 1.33. The average molecular weight is 160 g/mol. The van der Waals surface area contributed by atoms with E-state index in [0.29, 0.717) is 25.2 Å². The number of aliphatic hydroxyl groups excluding tert-OH is 1. The van der Waals surface area contributed by atoms with Gasteiger partial charge in [0.1, 0.15) is 0 Å². The average Bonchev–Trinajstić information content (AvgIpc) is 1.86. The molecule has 2 heteroatoms. The molecule has 0 aliphatic rings. The first-order chi connectivity index (χ1) is 5.16. The molecule has 0 rings (SSSR count). The van der Waals surface area contributed by atoms with Gasteiger partial charge in [-0.25, -0.2) is 4.39 Å². The molecule has 0 fully saturated rings. The molecule has 0 aromatic rings. The molecule has 0 radical (unpaired) electrons. The van der Waals surface area contributed by atoms with Gasteiger partial charge in [-0.15, -0.1) is 0 Å². The molecular formula is C9H17FO. The Kier molecular flexibility index (Phi) is 6.13. The van der Waals surface area contributed by atoms with Gasteiger partial charge in [0.05, 0.1) is 5.83 Å². The highest BCUT2D eigenvalue weighted by Gasteiger charge is 1.98. The van der Waals surface area contributed by atoms with Gasteiger partial charge in [-0.2, -0.15) is 0 Å². The molecule has 66 valence electrons. The van der Waals surface area contributed by atoms with Gasteiger partial charge in [0.25, 0.3) is 0 Å². The van der Waals surface area contributed by atoms with Crippen LogP contribution < -0.4 is 0 Å². The predicted molar refractivity (Wildman–Crippen MR) is 45.0 cm³/mol. The van der Waals surface area contributed by atoms with Crippen molar-refractivity contribution >= 4 is 0 Å². The number of unbranched alkanes of at least 4 members (excludes halogenated alkanes) is 1. The summed E-state index contributed by atoms with van der Waals surface area (Å²) in [6.07, 6.45) is 3.39. The monoisotopic (exact) mass is 160 g/mol. The van der Waals surface area contributed by atoms with Crippen molar-refractivity contribution in [1.29, 1.82) is 0 Å². The van der Waals surface area contributed by atoms with Gasteiger partial charge in [-0.05, 0) is 18.8 Å². The lowest BCUT2D eigenvalue weighted by molar-refractivity contribution is 0.289. The number of halogens is 1. The van der Waals surface area contributed by atoms with Gasteiger partial charge in [-0.1, -0.05) is 19.9 Å². The Balaban J connectivity index is 3.46. The third kappa shape index (κ3) is 7.53. The van der Waals surface area contributed by atoms with Crippen LogP contribution in [0.25, 0.3) is 0 Å². The van der Waals surface area contributed by atoms with Crippen LogP contribution in [0.15, 0.2) is 11.9 Å². The summed E-state index contributed by atoms with van der Waals surface area (Å²) in [5.74, 6) is 0.328. The van der Waals surface area contributed by atoms with Crippen molar-refractivity contribution in [3.05, 3.63) is 11.9 Å². The molecule has 0 aromatic heterocycles. The van der Waals surface area contributed by atoms with Crippen LogP contribution in [0.3, 0.4) is 0 Å². The van der Waals surface area contributed by atoms with Crippen LogP contribution in [0.2, 0.25) is 0 Å². The lowest BCUT2D eigenvalue weighted by atomic mass is 10.1. The summed E-state index contributed by atoms with van der Waals surface area (Å²) in [6.45, 7) is 4.12. The van der Waals surface area contributed by atoms with Crippen molar-refractivity contribution in [3.8, 4) is 0 Å². The highest BCUT2D eigenvalue weighted by atomic mass is 19.1. The Morgan fingerprint density at radius 2 is 2.18 bits per heavy atom. The van der Waals surface area contributed by atoms with Gasteiger partial charge in [0.2, 0.25) is 0 Å². The molecule has 0 spiro atoms. The molecule has 0 amide bonds. The second kappa shape index (κ2) is 6.35. The number of rotatable bonds is 5. The van der Waals surface area contributed by atoms with E-state index in [0.717, 1.165) is 0 Å². The number of allylic oxidation sites excluding steroid dienone is 2. The van der Waals surface area contributed by atoms with E-state index in [-0.39, 0.29) is 12.4 Å². The van der Waals surface area contributed by atoms with Crippen LogP contribution in [-0.4, -0.2) is 11.7 Å². The maximum absolute atomic E-state index is 12.8. The fourth-order valence-electron chi connectivity index (χ4n) is 0.823. The van der Waals surface area contributed by atoms with Gasteiger partial charge < -0.3 is 5.11 Å². The molecule has 0 saturated carbocycles. The van der Waals surface area contributed by atoms with Crippen LogP contribution in [0, 0.1) is 5.92 Å². The van der Waals surface area contributed by atoms with E-state index in [9.17, 15) is 4.39 Å². The molecule has 0 atom stereocenters. The van der Waals surface area contributed by atoms with E-state index in [4.69, 9.17) is 5.11 Å². The van der Waals surface area contributed by atoms with Crippen molar-refractivity contribution in [3.63, 3.8) is 0 Å². The first-order valence-electron chi connectivity index (χ1n) is 4.12. The quantitative estimate of drug-likeness (QED) is 0.613. The predicted octanol–water partition coefficient (Wildman–Crippen LogP) is 2.66. The van der Waals surface area contributed by atoms with E-state index < -0.39 is 0 Å². The summed E-state index contributed by atoms with van der Waals surface area (Å²) in [6, 6.07) is 0. The fourth-order valence-corrected chi connectivity index (χ4v) is 0.823. The summed E-state index contributed by atoms with van der Waals surface area (Å²) in [5.41, 5.74) is 0. The summed E-state index contributed by atoms with van der Waals surface area (Å²) in [5, 5.41) is 8.41. The van der Waals surface area contributed by atoms with Gasteiger partial charge in [0.15, 0.2) is 0 Å².